The van der Waals surface area contributed by atoms with Crippen molar-refractivity contribution in [1.82, 2.24) is 5.32 Å². The van der Waals surface area contributed by atoms with Crippen LogP contribution < -0.4 is 5.32 Å². The Morgan fingerprint density at radius 1 is 1.21 bits per heavy atom. The van der Waals surface area contributed by atoms with E-state index in [1.54, 1.807) is 11.8 Å². The highest BCUT2D eigenvalue weighted by Gasteiger charge is 2.58. The van der Waals surface area contributed by atoms with Crippen LogP contribution in [0.15, 0.2) is 4.99 Å². The second-order valence-electron chi connectivity index (χ2n) is 8.16. The van der Waals surface area contributed by atoms with Crippen molar-refractivity contribution in [2.24, 2.45) is 4.99 Å². The second-order valence-corrected chi connectivity index (χ2v) is 9.17. The Morgan fingerprint density at radius 3 is 2.71 bits per heavy atom. The lowest BCUT2D eigenvalue weighted by atomic mass is 10.0. The number of fused-ring (bicyclic) bond motifs is 1. The number of hydrogen-bond acceptors (Lipinski definition) is 7. The third kappa shape index (κ3) is 5.62. The summed E-state index contributed by atoms with van der Waals surface area (Å²) in [6.07, 6.45) is 5.85. The molecule has 7 nitrogen and oxygen atoms in total. The molecule has 3 rings (SSSR count). The van der Waals surface area contributed by atoms with Crippen molar-refractivity contribution >= 4 is 22.9 Å². The van der Waals surface area contributed by atoms with Gasteiger partial charge in [-0.3, -0.25) is 9.79 Å². The average molecular weight is 415 g/mol. The molecule has 0 unspecified atom stereocenters. The van der Waals surface area contributed by atoms with Crippen LogP contribution in [0.3, 0.4) is 0 Å². The number of nitrogens with one attached hydrogen (secondary N) is 1. The Balaban J connectivity index is 1.49. The number of esters is 1. The summed E-state index contributed by atoms with van der Waals surface area (Å²) in [5, 5.41) is 4.39. The van der Waals surface area contributed by atoms with Gasteiger partial charge in [0.2, 0.25) is 0 Å². The average Bonchev–Trinajstić information content (AvgIpc) is 3.28. The number of hydrogen-bond donors (Lipinski definition) is 1. The largest absolute Gasteiger partial charge is 0.457 e. The molecule has 0 bridgehead atoms. The number of carbonyl (C=O) groups excluding carboxylic acids is 1. The number of rotatable bonds is 9. The molecule has 3 fully saturated rings. The molecule has 0 aromatic heterocycles. The molecule has 160 valence electrons. The standard InChI is InChI=1S/C20H34N2O5S/c1-5-6-7-8-9-10-11-21-19-22-14(12-28-19)15-16(24-13(2)23)17-18(25-15)27-20(3,4)26-17/h14-18H,5-12H2,1-4H3,(H,21,22)/t14-,15-,16+,17-,18-/m1/s1. The quantitative estimate of drug-likeness (QED) is 0.458. The summed E-state index contributed by atoms with van der Waals surface area (Å²) < 4.78 is 23.4. The lowest BCUT2D eigenvalue weighted by Gasteiger charge is -2.28. The van der Waals surface area contributed by atoms with E-state index in [-0.39, 0.29) is 18.1 Å². The van der Waals surface area contributed by atoms with Crippen molar-refractivity contribution in [3.05, 3.63) is 0 Å². The fourth-order valence-corrected chi connectivity index (χ4v) is 4.93. The summed E-state index contributed by atoms with van der Waals surface area (Å²) in [7, 11) is 0. The molecule has 3 saturated heterocycles. The third-order valence-electron chi connectivity index (χ3n) is 5.20. The van der Waals surface area contributed by atoms with Gasteiger partial charge in [-0.25, -0.2) is 0 Å². The number of unbranched alkanes of at least 4 members (excludes halogenated alkanes) is 5. The summed E-state index contributed by atoms with van der Waals surface area (Å²) in [5.41, 5.74) is 0. The second kappa shape index (κ2) is 9.78. The van der Waals surface area contributed by atoms with Crippen LogP contribution in [0.2, 0.25) is 0 Å². The van der Waals surface area contributed by atoms with Gasteiger partial charge in [-0.2, -0.15) is 0 Å². The van der Waals surface area contributed by atoms with E-state index in [9.17, 15) is 4.79 Å². The maximum Gasteiger partial charge on any atom is 0.303 e. The highest BCUT2D eigenvalue weighted by molar-refractivity contribution is 8.14. The van der Waals surface area contributed by atoms with Gasteiger partial charge in [-0.05, 0) is 20.3 Å². The van der Waals surface area contributed by atoms with Gasteiger partial charge in [0.25, 0.3) is 0 Å². The van der Waals surface area contributed by atoms with E-state index in [4.69, 9.17) is 18.9 Å². The lowest BCUT2D eigenvalue weighted by Crippen LogP contribution is -2.48. The molecule has 5 atom stereocenters. The highest BCUT2D eigenvalue weighted by Crippen LogP contribution is 2.40. The molecule has 3 heterocycles. The van der Waals surface area contributed by atoms with Crippen LogP contribution in [0.5, 0.6) is 0 Å². The maximum absolute atomic E-state index is 11.6. The van der Waals surface area contributed by atoms with Crippen LogP contribution in [0.4, 0.5) is 0 Å². The van der Waals surface area contributed by atoms with Gasteiger partial charge >= 0.3 is 5.97 Å². The maximum atomic E-state index is 11.6. The molecule has 3 aliphatic heterocycles. The molecular weight excluding hydrogens is 380 g/mol. The molecule has 3 aliphatic rings. The SMILES string of the molecule is CCCCCCCCN=C1N[C@@H]([C@H]2O[C@@H]3OC(C)(C)O[C@@H]3[C@H]2OC(C)=O)CS1. The zero-order valence-electron chi connectivity index (χ0n) is 17.4. The Bertz CT molecular complexity index is 571. The topological polar surface area (TPSA) is 78.4 Å². The summed E-state index contributed by atoms with van der Waals surface area (Å²) in [4.78, 5) is 16.3. The van der Waals surface area contributed by atoms with Crippen molar-refractivity contribution in [2.45, 2.75) is 103 Å². The fraction of sp³-hybridized carbons (Fsp3) is 0.900. The summed E-state index contributed by atoms with van der Waals surface area (Å²) in [5.74, 6) is -0.254. The van der Waals surface area contributed by atoms with E-state index in [0.29, 0.717) is 0 Å². The first-order chi connectivity index (χ1) is 13.4. The number of ether oxygens (including phenoxy) is 4. The fourth-order valence-electron chi connectivity index (χ4n) is 3.91. The monoisotopic (exact) mass is 414 g/mol. The van der Waals surface area contributed by atoms with Crippen LogP contribution in [0.25, 0.3) is 0 Å². The van der Waals surface area contributed by atoms with Gasteiger partial charge in [-0.1, -0.05) is 50.8 Å². The van der Waals surface area contributed by atoms with Crippen molar-refractivity contribution in [3.8, 4) is 0 Å². The van der Waals surface area contributed by atoms with Gasteiger partial charge in [0, 0.05) is 19.2 Å². The molecule has 0 amide bonds. The third-order valence-corrected chi connectivity index (χ3v) is 6.25. The molecule has 0 aliphatic carbocycles. The number of thioether (sulfide) groups is 1. The molecule has 28 heavy (non-hydrogen) atoms. The molecular formula is C20H34N2O5S. The first-order valence-electron chi connectivity index (χ1n) is 10.5. The molecule has 1 N–H and O–H groups in total. The summed E-state index contributed by atoms with van der Waals surface area (Å²) >= 11 is 1.69. The zero-order chi connectivity index (χ0) is 20.1. The number of amidine groups is 1. The Hall–Kier alpha value is -0.830. The van der Waals surface area contributed by atoms with Gasteiger partial charge in [0.15, 0.2) is 29.5 Å². The molecule has 0 aromatic rings. The van der Waals surface area contributed by atoms with E-state index >= 15 is 0 Å². The van der Waals surface area contributed by atoms with Crippen LogP contribution in [0, 0.1) is 0 Å². The zero-order valence-corrected chi connectivity index (χ0v) is 18.3. The summed E-state index contributed by atoms with van der Waals surface area (Å²) in [6, 6.07) is 0.0126. The smallest absolute Gasteiger partial charge is 0.303 e. The number of carbonyl (C=O) groups is 1. The van der Waals surface area contributed by atoms with Crippen LogP contribution in [-0.2, 0) is 23.7 Å². The van der Waals surface area contributed by atoms with Crippen molar-refractivity contribution < 1.29 is 23.7 Å². The molecule has 0 spiro atoms. The van der Waals surface area contributed by atoms with Crippen LogP contribution in [0.1, 0.15) is 66.2 Å². The van der Waals surface area contributed by atoms with Crippen LogP contribution in [-0.4, -0.2) is 59.9 Å². The van der Waals surface area contributed by atoms with E-state index in [2.05, 4.69) is 17.2 Å². The van der Waals surface area contributed by atoms with E-state index in [1.807, 2.05) is 13.8 Å². The molecule has 0 saturated carbocycles. The van der Waals surface area contributed by atoms with Crippen molar-refractivity contribution in [1.29, 1.82) is 0 Å². The Kier molecular flexibility index (Phi) is 7.64. The van der Waals surface area contributed by atoms with Crippen molar-refractivity contribution in [3.63, 3.8) is 0 Å². The number of nitrogens with zero attached hydrogens (tertiary/aromatic N) is 1. The van der Waals surface area contributed by atoms with Gasteiger partial charge in [0.1, 0.15) is 6.10 Å². The van der Waals surface area contributed by atoms with E-state index in [1.165, 1.54) is 39.0 Å². The molecule has 8 heteroatoms. The Labute approximate surface area is 172 Å². The van der Waals surface area contributed by atoms with E-state index < -0.39 is 24.3 Å². The molecule has 0 radical (unpaired) electrons. The first-order valence-corrected chi connectivity index (χ1v) is 11.5. The van der Waals surface area contributed by atoms with Gasteiger partial charge in [0.05, 0.1) is 6.04 Å². The van der Waals surface area contributed by atoms with E-state index in [0.717, 1.165) is 23.9 Å². The lowest BCUT2D eigenvalue weighted by molar-refractivity contribution is -0.220. The minimum absolute atomic E-state index is 0.0126. The predicted octanol–water partition coefficient (Wildman–Crippen LogP) is 3.22. The van der Waals surface area contributed by atoms with Crippen LogP contribution >= 0.6 is 11.8 Å². The first kappa shape index (κ1) is 21.9. The highest BCUT2D eigenvalue weighted by atomic mass is 32.2. The minimum atomic E-state index is -0.736. The Morgan fingerprint density at radius 2 is 1.96 bits per heavy atom. The number of aliphatic imine (C=N–C) groups is 1. The van der Waals surface area contributed by atoms with Crippen molar-refractivity contribution in [2.75, 3.05) is 12.3 Å². The minimum Gasteiger partial charge on any atom is -0.457 e. The van der Waals surface area contributed by atoms with Gasteiger partial charge < -0.3 is 24.3 Å². The summed E-state index contributed by atoms with van der Waals surface area (Å²) in [6.45, 7) is 8.17. The normalized spacial score (nSPS) is 35.1. The molecule has 0 aromatic carbocycles. The van der Waals surface area contributed by atoms with Gasteiger partial charge in [-0.15, -0.1) is 0 Å². The predicted molar refractivity (Wildman–Crippen MR) is 109 cm³/mol.